The Morgan fingerprint density at radius 2 is 1.95 bits per heavy atom. The van der Waals surface area contributed by atoms with E-state index in [0.717, 1.165) is 18.5 Å². The molecule has 0 bridgehead atoms. The molecule has 19 heavy (non-hydrogen) atoms. The fourth-order valence-corrected chi connectivity index (χ4v) is 1.92. The van der Waals surface area contributed by atoms with Gasteiger partial charge in [0.15, 0.2) is 5.82 Å². The molecule has 1 aromatic carbocycles. The minimum atomic E-state index is -0.439. The topological polar surface area (TPSA) is 68.9 Å². The van der Waals surface area contributed by atoms with Crippen molar-refractivity contribution in [2.24, 2.45) is 0 Å². The van der Waals surface area contributed by atoms with E-state index in [1.165, 1.54) is 12.1 Å². The molecule has 0 N–H and O–H groups in total. The molecule has 0 aliphatic carbocycles. The summed E-state index contributed by atoms with van der Waals surface area (Å²) in [6.45, 7) is 2.06. The number of nitro benzene ring substituents is 1. The first-order valence-corrected chi connectivity index (χ1v) is 6.26. The molecule has 1 heterocycles. The zero-order valence-corrected chi connectivity index (χ0v) is 11.1. The van der Waals surface area contributed by atoms with Crippen molar-refractivity contribution < 1.29 is 4.92 Å². The Balaban J connectivity index is 2.37. The Morgan fingerprint density at radius 3 is 2.53 bits per heavy atom. The van der Waals surface area contributed by atoms with Gasteiger partial charge in [-0.15, -0.1) is 0 Å². The molecule has 2 aromatic rings. The van der Waals surface area contributed by atoms with Gasteiger partial charge in [0.25, 0.3) is 5.69 Å². The second-order valence-corrected chi connectivity index (χ2v) is 4.45. The second-order valence-electron chi connectivity index (χ2n) is 4.06. The maximum atomic E-state index is 10.6. The van der Waals surface area contributed by atoms with E-state index >= 15 is 0 Å². The Morgan fingerprint density at radius 1 is 1.26 bits per heavy atom. The van der Waals surface area contributed by atoms with Gasteiger partial charge in [0.1, 0.15) is 5.15 Å². The third-order valence-electron chi connectivity index (χ3n) is 2.59. The Hall–Kier alpha value is -2.01. The number of non-ortho nitro benzene ring substituents is 1. The zero-order chi connectivity index (χ0) is 13.8. The van der Waals surface area contributed by atoms with Gasteiger partial charge < -0.3 is 0 Å². The molecule has 0 amide bonds. The third kappa shape index (κ3) is 3.26. The molecule has 0 fully saturated rings. The molecule has 0 radical (unpaired) electrons. The first kappa shape index (κ1) is 13.4. The van der Waals surface area contributed by atoms with Crippen molar-refractivity contribution in [2.75, 3.05) is 0 Å². The van der Waals surface area contributed by atoms with Gasteiger partial charge in [0.05, 0.1) is 4.92 Å². The Labute approximate surface area is 115 Å². The van der Waals surface area contributed by atoms with Crippen LogP contribution in [0, 0.1) is 10.1 Å². The fraction of sp³-hybridized carbons (Fsp3) is 0.231. The van der Waals surface area contributed by atoms with Crippen LogP contribution in [0.5, 0.6) is 0 Å². The smallest absolute Gasteiger partial charge is 0.258 e. The fourth-order valence-electron chi connectivity index (χ4n) is 1.71. The van der Waals surface area contributed by atoms with Gasteiger partial charge in [-0.3, -0.25) is 10.1 Å². The molecule has 1 aromatic heterocycles. The molecule has 5 nitrogen and oxygen atoms in total. The number of aryl methyl sites for hydroxylation is 1. The van der Waals surface area contributed by atoms with Gasteiger partial charge in [0, 0.05) is 23.4 Å². The lowest BCUT2D eigenvalue weighted by molar-refractivity contribution is -0.384. The molecule has 0 saturated carbocycles. The highest BCUT2D eigenvalue weighted by Crippen LogP contribution is 2.21. The summed E-state index contributed by atoms with van der Waals surface area (Å²) in [6, 6.07) is 7.84. The molecule has 0 unspecified atom stereocenters. The standard InChI is InChI=1S/C13H12ClN3O2/c1-2-3-10-8-12(14)16-13(15-10)9-4-6-11(7-5-9)17(18)19/h4-8H,2-3H2,1H3. The van der Waals surface area contributed by atoms with Crippen LogP contribution in [0.15, 0.2) is 30.3 Å². The number of hydrogen-bond donors (Lipinski definition) is 0. The van der Waals surface area contributed by atoms with E-state index < -0.39 is 4.92 Å². The molecule has 6 heteroatoms. The molecule has 0 saturated heterocycles. The summed E-state index contributed by atoms with van der Waals surface area (Å²) in [7, 11) is 0. The average molecular weight is 278 g/mol. The Kier molecular flexibility index (Phi) is 4.06. The van der Waals surface area contributed by atoms with Gasteiger partial charge in [0.2, 0.25) is 0 Å². The first-order chi connectivity index (χ1) is 9.10. The summed E-state index contributed by atoms with van der Waals surface area (Å²) >= 11 is 5.96. The lowest BCUT2D eigenvalue weighted by Gasteiger charge is -2.04. The normalized spacial score (nSPS) is 10.4. The van der Waals surface area contributed by atoms with Gasteiger partial charge in [-0.1, -0.05) is 24.9 Å². The maximum Gasteiger partial charge on any atom is 0.269 e. The minimum Gasteiger partial charge on any atom is -0.258 e. The van der Waals surface area contributed by atoms with Crippen LogP contribution in [-0.2, 0) is 6.42 Å². The van der Waals surface area contributed by atoms with Crippen molar-refractivity contribution >= 4 is 17.3 Å². The molecule has 0 aliphatic rings. The quantitative estimate of drug-likeness (QED) is 0.486. The number of benzene rings is 1. The average Bonchev–Trinajstić information content (AvgIpc) is 2.38. The molecule has 0 aliphatic heterocycles. The summed E-state index contributed by atoms with van der Waals surface area (Å²) in [5.74, 6) is 0.492. The summed E-state index contributed by atoms with van der Waals surface area (Å²) in [5.41, 5.74) is 1.63. The van der Waals surface area contributed by atoms with Gasteiger partial charge in [-0.2, -0.15) is 0 Å². The van der Waals surface area contributed by atoms with E-state index in [-0.39, 0.29) is 5.69 Å². The molecule has 0 atom stereocenters. The van der Waals surface area contributed by atoms with Crippen molar-refractivity contribution in [1.82, 2.24) is 9.97 Å². The van der Waals surface area contributed by atoms with Gasteiger partial charge in [-0.05, 0) is 24.6 Å². The molecule has 0 spiro atoms. The second kappa shape index (κ2) is 5.75. The van der Waals surface area contributed by atoms with Crippen molar-refractivity contribution in [3.8, 4) is 11.4 Å². The van der Waals surface area contributed by atoms with Crippen LogP contribution in [0.1, 0.15) is 19.0 Å². The van der Waals surface area contributed by atoms with Crippen LogP contribution in [0.3, 0.4) is 0 Å². The van der Waals surface area contributed by atoms with Crippen molar-refractivity contribution in [3.05, 3.63) is 51.3 Å². The van der Waals surface area contributed by atoms with Crippen LogP contribution < -0.4 is 0 Å². The number of hydrogen-bond acceptors (Lipinski definition) is 4. The van der Waals surface area contributed by atoms with Crippen molar-refractivity contribution in [3.63, 3.8) is 0 Å². The van der Waals surface area contributed by atoms with Crippen molar-refractivity contribution in [1.29, 1.82) is 0 Å². The lowest BCUT2D eigenvalue weighted by Crippen LogP contribution is -1.96. The number of rotatable bonds is 4. The SMILES string of the molecule is CCCc1cc(Cl)nc(-c2ccc([N+](=O)[O-])cc2)n1. The van der Waals surface area contributed by atoms with E-state index in [0.29, 0.717) is 16.5 Å². The van der Waals surface area contributed by atoms with Crippen LogP contribution >= 0.6 is 11.6 Å². The summed E-state index contributed by atoms with van der Waals surface area (Å²) < 4.78 is 0. The molecular formula is C13H12ClN3O2. The summed E-state index contributed by atoms with van der Waals surface area (Å²) in [4.78, 5) is 18.7. The number of nitro groups is 1. The number of aromatic nitrogens is 2. The van der Waals surface area contributed by atoms with Crippen LogP contribution in [0.2, 0.25) is 5.15 Å². The highest BCUT2D eigenvalue weighted by molar-refractivity contribution is 6.29. The van der Waals surface area contributed by atoms with Gasteiger partial charge >= 0.3 is 0 Å². The predicted molar refractivity (Wildman–Crippen MR) is 73.1 cm³/mol. The monoisotopic (exact) mass is 277 g/mol. The minimum absolute atomic E-state index is 0.0413. The lowest BCUT2D eigenvalue weighted by atomic mass is 10.2. The van der Waals surface area contributed by atoms with Crippen LogP contribution in [-0.4, -0.2) is 14.9 Å². The third-order valence-corrected chi connectivity index (χ3v) is 2.78. The largest absolute Gasteiger partial charge is 0.269 e. The van der Waals surface area contributed by atoms with E-state index in [9.17, 15) is 10.1 Å². The zero-order valence-electron chi connectivity index (χ0n) is 10.3. The maximum absolute atomic E-state index is 10.6. The van der Waals surface area contributed by atoms with E-state index in [1.54, 1.807) is 18.2 Å². The van der Waals surface area contributed by atoms with Crippen LogP contribution in [0.25, 0.3) is 11.4 Å². The van der Waals surface area contributed by atoms with E-state index in [4.69, 9.17) is 11.6 Å². The number of nitrogens with zero attached hydrogens (tertiary/aromatic N) is 3. The van der Waals surface area contributed by atoms with Crippen LogP contribution in [0.4, 0.5) is 5.69 Å². The predicted octanol–water partition coefficient (Wildman–Crippen LogP) is 3.66. The van der Waals surface area contributed by atoms with E-state index in [2.05, 4.69) is 16.9 Å². The highest BCUT2D eigenvalue weighted by Gasteiger charge is 2.09. The molecule has 98 valence electrons. The number of halogens is 1. The van der Waals surface area contributed by atoms with Gasteiger partial charge in [-0.25, -0.2) is 9.97 Å². The summed E-state index contributed by atoms with van der Waals surface area (Å²) in [6.07, 6.45) is 1.79. The Bertz CT molecular complexity index is 599. The first-order valence-electron chi connectivity index (χ1n) is 5.88. The van der Waals surface area contributed by atoms with Crippen molar-refractivity contribution in [2.45, 2.75) is 19.8 Å². The molecular weight excluding hydrogens is 266 g/mol. The summed E-state index contributed by atoms with van der Waals surface area (Å²) in [5, 5.41) is 11.0. The molecule has 2 rings (SSSR count). The highest BCUT2D eigenvalue weighted by atomic mass is 35.5. The van der Waals surface area contributed by atoms with E-state index in [1.807, 2.05) is 0 Å².